The third-order valence-electron chi connectivity index (χ3n) is 4.78. The van der Waals surface area contributed by atoms with Gasteiger partial charge in [0, 0.05) is 0 Å². The molecule has 0 fully saturated rings. The number of carbonyl (C=O) groups is 1. The molecule has 0 saturated carbocycles. The van der Waals surface area contributed by atoms with Crippen LogP contribution in [0.4, 0.5) is 10.6 Å². The van der Waals surface area contributed by atoms with Crippen LogP contribution in [0.2, 0.25) is 0 Å². The molecule has 1 aliphatic rings. The number of benzene rings is 2. The molecular weight excluding hydrogens is 352 g/mol. The Labute approximate surface area is 163 Å². The molecule has 2 aromatic carbocycles. The maximum atomic E-state index is 12.7. The first kappa shape index (κ1) is 18.0. The van der Waals surface area contributed by atoms with Crippen LogP contribution in [-0.4, -0.2) is 28.1 Å². The maximum Gasteiger partial charge on any atom is 0.346 e. The zero-order valence-electron chi connectivity index (χ0n) is 16.0. The van der Waals surface area contributed by atoms with E-state index < -0.39 is 6.03 Å². The molecule has 2 amide bonds. The van der Waals surface area contributed by atoms with Crippen molar-refractivity contribution in [3.05, 3.63) is 71.3 Å². The van der Waals surface area contributed by atoms with E-state index in [1.807, 2.05) is 62.4 Å². The molecular formula is C22H22N4O2. The van der Waals surface area contributed by atoms with Crippen LogP contribution in [0.5, 0.6) is 5.88 Å². The Balaban J connectivity index is 1.66. The van der Waals surface area contributed by atoms with Crippen LogP contribution in [0.1, 0.15) is 30.0 Å². The molecule has 0 spiro atoms. The quantitative estimate of drug-likeness (QED) is 0.728. The van der Waals surface area contributed by atoms with Gasteiger partial charge < -0.3 is 4.74 Å². The number of amides is 2. The number of aliphatic imine (C=N–C) groups is 1. The molecule has 0 atom stereocenters. The van der Waals surface area contributed by atoms with E-state index in [4.69, 9.17) is 4.74 Å². The summed E-state index contributed by atoms with van der Waals surface area (Å²) in [6.45, 7) is 4.28. The molecule has 1 heterocycles. The minimum absolute atomic E-state index is 0.407. The Morgan fingerprint density at radius 3 is 2.68 bits per heavy atom. The molecule has 28 heavy (non-hydrogen) atoms. The summed E-state index contributed by atoms with van der Waals surface area (Å²) < 4.78 is 7.30. The van der Waals surface area contributed by atoms with Gasteiger partial charge in [-0.05, 0) is 49.9 Å². The molecule has 0 bridgehead atoms. The van der Waals surface area contributed by atoms with Crippen molar-refractivity contribution < 1.29 is 9.53 Å². The molecule has 3 aromatic rings. The maximum absolute atomic E-state index is 12.7. The summed E-state index contributed by atoms with van der Waals surface area (Å²) in [6.07, 6.45) is 1.69. The minimum Gasteiger partial charge on any atom is -0.477 e. The molecule has 1 aromatic heterocycles. The number of urea groups is 1. The predicted molar refractivity (Wildman–Crippen MR) is 110 cm³/mol. The zero-order chi connectivity index (χ0) is 19.5. The molecule has 0 radical (unpaired) electrons. The van der Waals surface area contributed by atoms with Gasteiger partial charge in [-0.1, -0.05) is 42.5 Å². The van der Waals surface area contributed by atoms with Crippen molar-refractivity contribution >= 4 is 17.6 Å². The van der Waals surface area contributed by atoms with E-state index in [1.165, 1.54) is 5.56 Å². The first-order valence-electron chi connectivity index (χ1n) is 9.42. The number of rotatable bonds is 4. The number of nitrogens with one attached hydrogen (secondary N) is 1. The minimum atomic E-state index is -0.407. The Hall–Kier alpha value is -3.41. The first-order valence-corrected chi connectivity index (χ1v) is 9.42. The third kappa shape index (κ3) is 3.41. The molecule has 0 saturated heterocycles. The Kier molecular flexibility index (Phi) is 4.93. The largest absolute Gasteiger partial charge is 0.477 e. The Bertz CT molecular complexity index is 1040. The average molecular weight is 374 g/mol. The number of nitrogens with zero attached hydrogens (tertiary/aromatic N) is 3. The number of ether oxygens (including phenoxy) is 1. The molecule has 0 aliphatic heterocycles. The molecule has 1 aliphatic carbocycles. The first-order chi connectivity index (χ1) is 13.7. The number of aromatic nitrogens is 2. The van der Waals surface area contributed by atoms with Crippen LogP contribution in [-0.2, 0) is 6.42 Å². The van der Waals surface area contributed by atoms with Crippen molar-refractivity contribution in [3.63, 3.8) is 0 Å². The van der Waals surface area contributed by atoms with E-state index in [9.17, 15) is 4.79 Å². The van der Waals surface area contributed by atoms with Gasteiger partial charge in [0.25, 0.3) is 0 Å². The van der Waals surface area contributed by atoms with Crippen molar-refractivity contribution in [1.82, 2.24) is 9.78 Å². The van der Waals surface area contributed by atoms with Gasteiger partial charge in [-0.25, -0.2) is 9.48 Å². The highest BCUT2D eigenvalue weighted by molar-refractivity contribution is 6.11. The van der Waals surface area contributed by atoms with Gasteiger partial charge in [0.2, 0.25) is 5.88 Å². The molecule has 6 heteroatoms. The lowest BCUT2D eigenvalue weighted by molar-refractivity contribution is 0.259. The van der Waals surface area contributed by atoms with Crippen molar-refractivity contribution in [1.29, 1.82) is 0 Å². The second-order valence-electron chi connectivity index (χ2n) is 6.60. The second-order valence-corrected chi connectivity index (χ2v) is 6.60. The van der Waals surface area contributed by atoms with Crippen LogP contribution in [0.25, 0.3) is 5.69 Å². The van der Waals surface area contributed by atoms with Gasteiger partial charge >= 0.3 is 6.03 Å². The van der Waals surface area contributed by atoms with Crippen LogP contribution >= 0.6 is 0 Å². The normalized spacial score (nSPS) is 14.1. The van der Waals surface area contributed by atoms with Crippen LogP contribution in [0, 0.1) is 6.92 Å². The van der Waals surface area contributed by atoms with Crippen LogP contribution < -0.4 is 10.1 Å². The molecule has 142 valence electrons. The lowest BCUT2D eigenvalue weighted by Gasteiger charge is -2.08. The van der Waals surface area contributed by atoms with Crippen LogP contribution in [0.15, 0.2) is 59.6 Å². The number of carbonyl (C=O) groups excluding carboxylic acids is 1. The van der Waals surface area contributed by atoms with Gasteiger partial charge in [-0.3, -0.25) is 5.32 Å². The molecule has 0 unspecified atom stereocenters. The summed E-state index contributed by atoms with van der Waals surface area (Å²) in [4.78, 5) is 17.0. The van der Waals surface area contributed by atoms with E-state index >= 15 is 0 Å². The van der Waals surface area contributed by atoms with E-state index in [0.29, 0.717) is 18.3 Å². The van der Waals surface area contributed by atoms with E-state index in [2.05, 4.69) is 21.5 Å². The fraction of sp³-hybridized carbons (Fsp3) is 0.227. The lowest BCUT2D eigenvalue weighted by atomic mass is 10.1. The highest BCUT2D eigenvalue weighted by Gasteiger charge is 2.21. The lowest BCUT2D eigenvalue weighted by Crippen LogP contribution is -2.14. The van der Waals surface area contributed by atoms with Crippen molar-refractivity contribution in [3.8, 4) is 11.6 Å². The zero-order valence-corrected chi connectivity index (χ0v) is 16.0. The summed E-state index contributed by atoms with van der Waals surface area (Å²) in [7, 11) is 0. The molecule has 6 nitrogen and oxygen atoms in total. The predicted octanol–water partition coefficient (Wildman–Crippen LogP) is 4.55. The van der Waals surface area contributed by atoms with Crippen molar-refractivity contribution in [2.75, 3.05) is 11.9 Å². The highest BCUT2D eigenvalue weighted by Crippen LogP contribution is 2.29. The van der Waals surface area contributed by atoms with E-state index in [-0.39, 0.29) is 0 Å². The van der Waals surface area contributed by atoms with Gasteiger partial charge in [-0.2, -0.15) is 4.99 Å². The summed E-state index contributed by atoms with van der Waals surface area (Å²) in [5, 5.41) is 7.43. The third-order valence-corrected chi connectivity index (χ3v) is 4.78. The van der Waals surface area contributed by atoms with Crippen LogP contribution in [0.3, 0.4) is 0 Å². The highest BCUT2D eigenvalue weighted by atomic mass is 16.5. The summed E-state index contributed by atoms with van der Waals surface area (Å²) in [5.41, 5.74) is 4.72. The number of fused-ring (bicyclic) bond motifs is 1. The SMILES string of the molecule is CCOc1nn(-c2ccccc2)c(NC(=O)N=C2CCc3ccccc32)c1C. The number of hydrogen-bond acceptors (Lipinski definition) is 3. The Morgan fingerprint density at radius 1 is 1.14 bits per heavy atom. The fourth-order valence-corrected chi connectivity index (χ4v) is 3.43. The summed E-state index contributed by atoms with van der Waals surface area (Å²) in [5.74, 6) is 1.07. The molecule has 1 N–H and O–H groups in total. The van der Waals surface area contributed by atoms with E-state index in [0.717, 1.165) is 35.4 Å². The standard InChI is InChI=1S/C22H22N4O2/c1-3-28-21-15(2)20(26(25-21)17-10-5-4-6-11-17)24-22(27)23-19-14-13-16-9-7-8-12-18(16)19/h4-12H,3,13-14H2,1-2H3,(H,24,27). The number of aryl methyl sites for hydroxylation is 1. The number of hydrogen-bond donors (Lipinski definition) is 1. The average Bonchev–Trinajstić information content (AvgIpc) is 3.25. The second kappa shape index (κ2) is 7.68. The van der Waals surface area contributed by atoms with E-state index in [1.54, 1.807) is 4.68 Å². The van der Waals surface area contributed by atoms with Gasteiger partial charge in [0.15, 0.2) is 0 Å². The van der Waals surface area contributed by atoms with Crippen molar-refractivity contribution in [2.45, 2.75) is 26.7 Å². The number of para-hydroxylation sites is 1. The Morgan fingerprint density at radius 2 is 1.89 bits per heavy atom. The molecule has 4 rings (SSSR count). The fourth-order valence-electron chi connectivity index (χ4n) is 3.43. The number of anilines is 1. The van der Waals surface area contributed by atoms with Crippen molar-refractivity contribution in [2.24, 2.45) is 4.99 Å². The monoisotopic (exact) mass is 374 g/mol. The topological polar surface area (TPSA) is 68.5 Å². The summed E-state index contributed by atoms with van der Waals surface area (Å²) in [6, 6.07) is 17.3. The van der Waals surface area contributed by atoms with Gasteiger partial charge in [-0.15, -0.1) is 5.10 Å². The summed E-state index contributed by atoms with van der Waals surface area (Å²) >= 11 is 0. The smallest absolute Gasteiger partial charge is 0.346 e. The van der Waals surface area contributed by atoms with Gasteiger partial charge in [0.05, 0.1) is 23.6 Å². The van der Waals surface area contributed by atoms with Gasteiger partial charge in [0.1, 0.15) is 5.82 Å².